The van der Waals surface area contributed by atoms with Crippen molar-refractivity contribution in [3.8, 4) is 0 Å². The van der Waals surface area contributed by atoms with Gasteiger partial charge in [0.25, 0.3) is 5.76 Å². The third-order valence-corrected chi connectivity index (χ3v) is 3.71. The lowest BCUT2D eigenvalue weighted by Gasteiger charge is -2.11. The van der Waals surface area contributed by atoms with Crippen molar-refractivity contribution in [3.05, 3.63) is 48.4 Å². The van der Waals surface area contributed by atoms with Gasteiger partial charge in [-0.25, -0.2) is 4.79 Å². The van der Waals surface area contributed by atoms with Crippen molar-refractivity contribution < 1.29 is 22.7 Å². The van der Waals surface area contributed by atoms with E-state index in [1.54, 1.807) is 30.5 Å². The number of carbonyl (C=O) groups is 1. The summed E-state index contributed by atoms with van der Waals surface area (Å²) in [6, 6.07) is 9.60. The standard InChI is InChI=1S/C16H18F2N2O3S/c17-15(18)24-14-7-2-1-6-13(14)20-16(21)19-8-4-9-22-11-12-5-3-10-23-12/h1-3,5-7,10,15H,4,8-9,11H2,(H2,19,20,21). The average Bonchev–Trinajstić information content (AvgIpc) is 3.05. The zero-order chi connectivity index (χ0) is 17.2. The average molecular weight is 356 g/mol. The maximum absolute atomic E-state index is 12.5. The van der Waals surface area contributed by atoms with E-state index < -0.39 is 11.8 Å². The van der Waals surface area contributed by atoms with Crippen LogP contribution in [-0.2, 0) is 11.3 Å². The number of halogens is 2. The van der Waals surface area contributed by atoms with Gasteiger partial charge in [-0.05, 0) is 30.7 Å². The molecule has 1 heterocycles. The SMILES string of the molecule is O=C(NCCCOCc1ccco1)Nc1ccccc1SC(F)F. The van der Waals surface area contributed by atoms with Crippen LogP contribution in [0.25, 0.3) is 0 Å². The summed E-state index contributed by atoms with van der Waals surface area (Å²) in [5.41, 5.74) is 0.356. The summed E-state index contributed by atoms with van der Waals surface area (Å²) in [5.74, 6) is -1.80. The van der Waals surface area contributed by atoms with E-state index in [2.05, 4.69) is 10.6 Å². The molecule has 2 N–H and O–H groups in total. The van der Waals surface area contributed by atoms with Gasteiger partial charge in [-0.3, -0.25) is 0 Å². The van der Waals surface area contributed by atoms with Crippen molar-refractivity contribution in [2.24, 2.45) is 0 Å². The van der Waals surface area contributed by atoms with Crippen molar-refractivity contribution >= 4 is 23.5 Å². The first-order valence-corrected chi connectivity index (χ1v) is 8.22. The molecule has 0 unspecified atom stereocenters. The fourth-order valence-corrected chi connectivity index (χ4v) is 2.47. The molecular weight excluding hydrogens is 338 g/mol. The first kappa shape index (κ1) is 18.3. The molecule has 0 saturated heterocycles. The molecule has 130 valence electrons. The lowest BCUT2D eigenvalue weighted by atomic mass is 10.3. The zero-order valence-corrected chi connectivity index (χ0v) is 13.7. The Bertz CT molecular complexity index is 624. The number of para-hydroxylation sites is 1. The van der Waals surface area contributed by atoms with Crippen LogP contribution in [0.4, 0.5) is 19.3 Å². The molecule has 0 aliphatic rings. The Morgan fingerprint density at radius 2 is 2.08 bits per heavy atom. The Labute approximate surface area is 142 Å². The minimum absolute atomic E-state index is 0.324. The fourth-order valence-electron chi connectivity index (χ4n) is 1.88. The predicted octanol–water partition coefficient (Wildman–Crippen LogP) is 4.32. The van der Waals surface area contributed by atoms with Gasteiger partial charge in [0.05, 0.1) is 12.0 Å². The summed E-state index contributed by atoms with van der Waals surface area (Å²) in [6.45, 7) is 1.27. The van der Waals surface area contributed by atoms with Gasteiger partial charge in [-0.2, -0.15) is 8.78 Å². The summed E-state index contributed by atoms with van der Waals surface area (Å²) in [7, 11) is 0. The smallest absolute Gasteiger partial charge is 0.319 e. The molecule has 5 nitrogen and oxygen atoms in total. The monoisotopic (exact) mass is 356 g/mol. The molecule has 0 aliphatic heterocycles. The third-order valence-electron chi connectivity index (χ3n) is 2.93. The van der Waals surface area contributed by atoms with Crippen molar-refractivity contribution in [2.45, 2.75) is 23.7 Å². The van der Waals surface area contributed by atoms with Crippen molar-refractivity contribution in [3.63, 3.8) is 0 Å². The summed E-state index contributed by atoms with van der Waals surface area (Å²) >= 11 is 0.396. The highest BCUT2D eigenvalue weighted by molar-refractivity contribution is 7.99. The number of furan rings is 1. The number of nitrogens with one attached hydrogen (secondary N) is 2. The molecule has 2 aromatic rings. The molecule has 0 atom stereocenters. The largest absolute Gasteiger partial charge is 0.467 e. The van der Waals surface area contributed by atoms with Gasteiger partial charge >= 0.3 is 6.03 Å². The van der Waals surface area contributed by atoms with E-state index in [4.69, 9.17) is 9.15 Å². The number of alkyl halides is 2. The Hall–Kier alpha value is -2.06. The first-order valence-electron chi connectivity index (χ1n) is 7.34. The molecule has 0 radical (unpaired) electrons. The number of thioether (sulfide) groups is 1. The quantitative estimate of drug-likeness (QED) is 0.519. The molecule has 24 heavy (non-hydrogen) atoms. The van der Waals surface area contributed by atoms with E-state index >= 15 is 0 Å². The van der Waals surface area contributed by atoms with Crippen molar-refractivity contribution in [1.82, 2.24) is 5.32 Å². The summed E-state index contributed by atoms with van der Waals surface area (Å²) in [6.07, 6.45) is 2.20. The Kier molecular flexibility index (Phi) is 7.57. The first-order chi connectivity index (χ1) is 11.6. The molecule has 0 bridgehead atoms. The minimum Gasteiger partial charge on any atom is -0.467 e. The van der Waals surface area contributed by atoms with Gasteiger partial charge in [0.1, 0.15) is 12.4 Å². The van der Waals surface area contributed by atoms with E-state index in [9.17, 15) is 13.6 Å². The highest BCUT2D eigenvalue weighted by Crippen LogP contribution is 2.31. The maximum Gasteiger partial charge on any atom is 0.319 e. The molecule has 2 rings (SSSR count). The van der Waals surface area contributed by atoms with E-state index in [1.807, 2.05) is 6.07 Å². The van der Waals surface area contributed by atoms with Crippen LogP contribution < -0.4 is 10.6 Å². The minimum atomic E-state index is -2.54. The number of benzene rings is 1. The van der Waals surface area contributed by atoms with Gasteiger partial charge in [-0.15, -0.1) is 0 Å². The van der Waals surface area contributed by atoms with Crippen molar-refractivity contribution in [2.75, 3.05) is 18.5 Å². The van der Waals surface area contributed by atoms with Crippen LogP contribution in [0.5, 0.6) is 0 Å². The second-order valence-electron chi connectivity index (χ2n) is 4.74. The Morgan fingerprint density at radius 1 is 1.25 bits per heavy atom. The lowest BCUT2D eigenvalue weighted by Crippen LogP contribution is -2.30. The number of ether oxygens (including phenoxy) is 1. The van der Waals surface area contributed by atoms with Crippen LogP contribution in [0.15, 0.2) is 52.0 Å². The summed E-state index contributed by atoms with van der Waals surface area (Å²) in [4.78, 5) is 12.1. The van der Waals surface area contributed by atoms with Gasteiger partial charge < -0.3 is 19.8 Å². The van der Waals surface area contributed by atoms with E-state index in [0.717, 1.165) is 5.76 Å². The van der Waals surface area contributed by atoms with Gasteiger partial charge in [0.15, 0.2) is 0 Å². The number of hydrogen-bond acceptors (Lipinski definition) is 4. The van der Waals surface area contributed by atoms with Crippen LogP contribution in [0, 0.1) is 0 Å². The molecule has 0 fully saturated rings. The van der Waals surface area contributed by atoms with Gasteiger partial charge in [0, 0.05) is 18.0 Å². The molecule has 1 aromatic carbocycles. The van der Waals surface area contributed by atoms with Gasteiger partial charge in [0.2, 0.25) is 0 Å². The Morgan fingerprint density at radius 3 is 2.83 bits per heavy atom. The second kappa shape index (κ2) is 9.94. The summed E-state index contributed by atoms with van der Waals surface area (Å²) < 4.78 is 35.5. The molecule has 0 saturated carbocycles. The number of carbonyl (C=O) groups excluding carboxylic acids is 1. The van der Waals surface area contributed by atoms with E-state index in [-0.39, 0.29) is 0 Å². The Balaban J connectivity index is 1.64. The predicted molar refractivity (Wildman–Crippen MR) is 88.3 cm³/mol. The van der Waals surface area contributed by atoms with Crippen LogP contribution >= 0.6 is 11.8 Å². The number of amides is 2. The molecular formula is C16H18F2N2O3S. The maximum atomic E-state index is 12.5. The zero-order valence-electron chi connectivity index (χ0n) is 12.8. The van der Waals surface area contributed by atoms with Crippen molar-refractivity contribution in [1.29, 1.82) is 0 Å². The normalized spacial score (nSPS) is 10.8. The number of urea groups is 1. The second-order valence-corrected chi connectivity index (χ2v) is 5.77. The van der Waals surface area contributed by atoms with E-state index in [1.165, 1.54) is 6.07 Å². The highest BCUT2D eigenvalue weighted by atomic mass is 32.2. The number of rotatable bonds is 9. The van der Waals surface area contributed by atoms with Crippen LogP contribution in [0.2, 0.25) is 0 Å². The molecule has 0 spiro atoms. The molecule has 0 aliphatic carbocycles. The highest BCUT2D eigenvalue weighted by Gasteiger charge is 2.11. The number of hydrogen-bond donors (Lipinski definition) is 2. The van der Waals surface area contributed by atoms with Crippen LogP contribution in [0.3, 0.4) is 0 Å². The lowest BCUT2D eigenvalue weighted by molar-refractivity contribution is 0.104. The van der Waals surface area contributed by atoms with E-state index in [0.29, 0.717) is 48.5 Å². The molecule has 8 heteroatoms. The van der Waals surface area contributed by atoms with Crippen LogP contribution in [-0.4, -0.2) is 24.9 Å². The van der Waals surface area contributed by atoms with Gasteiger partial charge in [-0.1, -0.05) is 23.9 Å². The van der Waals surface area contributed by atoms with Crippen LogP contribution in [0.1, 0.15) is 12.2 Å². The topological polar surface area (TPSA) is 63.5 Å². The third kappa shape index (κ3) is 6.59. The number of anilines is 1. The molecule has 2 amide bonds. The summed E-state index contributed by atoms with van der Waals surface area (Å²) in [5, 5.41) is 5.22. The molecule has 1 aromatic heterocycles. The fraction of sp³-hybridized carbons (Fsp3) is 0.312.